The van der Waals surface area contributed by atoms with Gasteiger partial charge in [0, 0.05) is 22.3 Å². The van der Waals surface area contributed by atoms with Gasteiger partial charge in [-0.05, 0) is 63.1 Å². The highest BCUT2D eigenvalue weighted by Crippen LogP contribution is 2.25. The maximum Gasteiger partial charge on any atom is 0.338 e. The molecule has 1 heterocycles. The van der Waals surface area contributed by atoms with E-state index in [0.717, 1.165) is 22.0 Å². The summed E-state index contributed by atoms with van der Waals surface area (Å²) >= 11 is 3.54. The molecule has 1 aliphatic heterocycles. The van der Waals surface area contributed by atoms with Crippen LogP contribution >= 0.6 is 15.9 Å². The Morgan fingerprint density at radius 3 is 2.48 bits per heavy atom. The van der Waals surface area contributed by atoms with E-state index in [4.69, 9.17) is 4.74 Å². The number of rotatable bonds is 3. The number of hydrogen-bond donors (Lipinski definition) is 1. The lowest BCUT2D eigenvalue weighted by Crippen LogP contribution is -2.28. The number of esters is 1. The van der Waals surface area contributed by atoms with Gasteiger partial charge in [0.05, 0.1) is 5.56 Å². The van der Waals surface area contributed by atoms with Crippen molar-refractivity contribution >= 4 is 39.2 Å². The highest BCUT2D eigenvalue weighted by Gasteiger charge is 2.22. The van der Waals surface area contributed by atoms with Gasteiger partial charge < -0.3 is 10.1 Å². The van der Waals surface area contributed by atoms with Crippen molar-refractivity contribution < 1.29 is 14.3 Å². The van der Waals surface area contributed by atoms with E-state index in [1.807, 2.05) is 39.0 Å². The van der Waals surface area contributed by atoms with E-state index in [0.29, 0.717) is 23.5 Å². The quantitative estimate of drug-likeness (QED) is 0.736. The molecule has 0 unspecified atom stereocenters. The summed E-state index contributed by atoms with van der Waals surface area (Å²) in [5.41, 5.74) is 2.85. The SMILES string of the molecule is CC(C)(C)OC(=O)c1ccc(NC(=O)C2=NCCc3c(Br)cccc32)cc1. The molecule has 0 aliphatic carbocycles. The summed E-state index contributed by atoms with van der Waals surface area (Å²) in [7, 11) is 0. The number of halogens is 1. The monoisotopic (exact) mass is 428 g/mol. The molecule has 0 saturated carbocycles. The van der Waals surface area contributed by atoms with Gasteiger partial charge in [-0.25, -0.2) is 4.79 Å². The number of nitrogens with one attached hydrogen (secondary N) is 1. The van der Waals surface area contributed by atoms with E-state index in [9.17, 15) is 9.59 Å². The van der Waals surface area contributed by atoms with Crippen LogP contribution in [0.15, 0.2) is 51.9 Å². The molecular weight excluding hydrogens is 408 g/mol. The number of anilines is 1. The van der Waals surface area contributed by atoms with Crippen molar-refractivity contribution in [2.45, 2.75) is 32.8 Å². The Bertz CT molecular complexity index is 912. The van der Waals surface area contributed by atoms with E-state index in [1.165, 1.54) is 0 Å². The first-order valence-electron chi connectivity index (χ1n) is 8.71. The molecule has 3 rings (SSSR count). The van der Waals surface area contributed by atoms with Gasteiger partial charge >= 0.3 is 5.97 Å². The second-order valence-corrected chi connectivity index (χ2v) is 8.13. The van der Waals surface area contributed by atoms with Crippen LogP contribution in [0.25, 0.3) is 0 Å². The molecule has 0 atom stereocenters. The number of carbonyl (C=O) groups excluding carboxylic acids is 2. The van der Waals surface area contributed by atoms with Gasteiger partial charge in [-0.15, -0.1) is 0 Å². The zero-order chi connectivity index (χ0) is 19.6. The topological polar surface area (TPSA) is 67.8 Å². The fourth-order valence-corrected chi connectivity index (χ4v) is 3.37. The average Bonchev–Trinajstić information content (AvgIpc) is 2.61. The summed E-state index contributed by atoms with van der Waals surface area (Å²) in [5.74, 6) is -0.658. The van der Waals surface area contributed by atoms with Crippen LogP contribution < -0.4 is 5.32 Å². The van der Waals surface area contributed by atoms with Crippen molar-refractivity contribution in [1.82, 2.24) is 0 Å². The third kappa shape index (κ3) is 4.63. The van der Waals surface area contributed by atoms with Gasteiger partial charge in [-0.3, -0.25) is 9.79 Å². The van der Waals surface area contributed by atoms with Crippen LogP contribution in [0.4, 0.5) is 5.69 Å². The highest BCUT2D eigenvalue weighted by molar-refractivity contribution is 9.10. The molecule has 1 amide bonds. The van der Waals surface area contributed by atoms with Gasteiger partial charge in [-0.1, -0.05) is 28.1 Å². The molecule has 6 heteroatoms. The van der Waals surface area contributed by atoms with Crippen LogP contribution in [-0.2, 0) is 16.0 Å². The van der Waals surface area contributed by atoms with Gasteiger partial charge in [-0.2, -0.15) is 0 Å². The van der Waals surface area contributed by atoms with Crippen LogP contribution in [-0.4, -0.2) is 29.7 Å². The maximum atomic E-state index is 12.7. The minimum atomic E-state index is -0.551. The van der Waals surface area contributed by atoms with Crippen LogP contribution in [0.2, 0.25) is 0 Å². The predicted octanol–water partition coefficient (Wildman–Crippen LogP) is 4.39. The lowest BCUT2D eigenvalue weighted by Gasteiger charge is -2.19. The predicted molar refractivity (Wildman–Crippen MR) is 109 cm³/mol. The zero-order valence-corrected chi connectivity index (χ0v) is 17.1. The van der Waals surface area contributed by atoms with Crippen LogP contribution in [0, 0.1) is 0 Å². The lowest BCUT2D eigenvalue weighted by molar-refractivity contribution is -0.110. The number of nitrogens with zero attached hydrogens (tertiary/aromatic N) is 1. The molecule has 0 aromatic heterocycles. The normalized spacial score (nSPS) is 13.4. The fraction of sp³-hybridized carbons (Fsp3) is 0.286. The molecule has 0 fully saturated rings. The number of amides is 1. The first-order valence-corrected chi connectivity index (χ1v) is 9.51. The van der Waals surface area contributed by atoms with E-state index >= 15 is 0 Å². The Morgan fingerprint density at radius 2 is 1.81 bits per heavy atom. The van der Waals surface area contributed by atoms with Crippen LogP contribution in [0.5, 0.6) is 0 Å². The van der Waals surface area contributed by atoms with Gasteiger partial charge in [0.1, 0.15) is 11.3 Å². The second kappa shape index (κ2) is 7.64. The van der Waals surface area contributed by atoms with Crippen molar-refractivity contribution in [3.05, 3.63) is 63.6 Å². The summed E-state index contributed by atoms with van der Waals surface area (Å²) < 4.78 is 6.33. The Hall–Kier alpha value is -2.47. The number of benzene rings is 2. The Kier molecular flexibility index (Phi) is 5.46. The molecular formula is C21H21BrN2O3. The van der Waals surface area contributed by atoms with Crippen molar-refractivity contribution in [3.8, 4) is 0 Å². The molecule has 2 aromatic carbocycles. The lowest BCUT2D eigenvalue weighted by atomic mass is 9.97. The molecule has 0 bridgehead atoms. The largest absolute Gasteiger partial charge is 0.456 e. The molecule has 5 nitrogen and oxygen atoms in total. The third-order valence-electron chi connectivity index (χ3n) is 4.00. The molecule has 2 aromatic rings. The molecule has 0 saturated heterocycles. The minimum Gasteiger partial charge on any atom is -0.456 e. The number of fused-ring (bicyclic) bond motifs is 1. The number of aliphatic imine (C=N–C) groups is 1. The molecule has 0 spiro atoms. The number of hydrogen-bond acceptors (Lipinski definition) is 4. The van der Waals surface area contributed by atoms with Gasteiger partial charge in [0.25, 0.3) is 5.91 Å². The first-order chi connectivity index (χ1) is 12.7. The van der Waals surface area contributed by atoms with E-state index in [1.54, 1.807) is 24.3 Å². The summed E-state index contributed by atoms with van der Waals surface area (Å²) in [4.78, 5) is 29.2. The highest BCUT2D eigenvalue weighted by atomic mass is 79.9. The van der Waals surface area contributed by atoms with Crippen LogP contribution in [0.3, 0.4) is 0 Å². The summed E-state index contributed by atoms with van der Waals surface area (Å²) in [6.07, 6.45) is 0.804. The standard InChI is InChI=1S/C21H21BrN2O3/c1-21(2,3)27-20(26)13-7-9-14(10-8-13)24-19(25)18-16-5-4-6-17(22)15(16)11-12-23-18/h4-10H,11-12H2,1-3H3,(H,24,25). The summed E-state index contributed by atoms with van der Waals surface area (Å²) in [6, 6.07) is 12.4. The van der Waals surface area contributed by atoms with Gasteiger partial charge in [0.15, 0.2) is 0 Å². The van der Waals surface area contributed by atoms with E-state index in [-0.39, 0.29) is 5.91 Å². The number of ether oxygens (including phenoxy) is 1. The Balaban J connectivity index is 1.73. The van der Waals surface area contributed by atoms with Crippen LogP contribution in [0.1, 0.15) is 42.3 Å². The van der Waals surface area contributed by atoms with Crippen molar-refractivity contribution in [3.63, 3.8) is 0 Å². The van der Waals surface area contributed by atoms with Crippen molar-refractivity contribution in [1.29, 1.82) is 0 Å². The average molecular weight is 429 g/mol. The zero-order valence-electron chi connectivity index (χ0n) is 15.5. The molecule has 1 aliphatic rings. The van der Waals surface area contributed by atoms with E-state index in [2.05, 4.69) is 26.2 Å². The van der Waals surface area contributed by atoms with E-state index < -0.39 is 11.6 Å². The Labute approximate surface area is 167 Å². The minimum absolute atomic E-state index is 0.265. The number of carbonyl (C=O) groups is 2. The summed E-state index contributed by atoms with van der Waals surface area (Å²) in [6.45, 7) is 6.04. The van der Waals surface area contributed by atoms with Gasteiger partial charge in [0.2, 0.25) is 0 Å². The molecule has 27 heavy (non-hydrogen) atoms. The maximum absolute atomic E-state index is 12.7. The molecule has 140 valence electrons. The van der Waals surface area contributed by atoms with Crippen molar-refractivity contribution in [2.75, 3.05) is 11.9 Å². The molecule has 1 N–H and O–H groups in total. The molecule has 0 radical (unpaired) electrons. The summed E-state index contributed by atoms with van der Waals surface area (Å²) in [5, 5.41) is 2.85. The first kappa shape index (κ1) is 19.3. The fourth-order valence-electron chi connectivity index (χ4n) is 2.81. The smallest absolute Gasteiger partial charge is 0.338 e. The third-order valence-corrected chi connectivity index (χ3v) is 4.74. The second-order valence-electron chi connectivity index (χ2n) is 7.28. The van der Waals surface area contributed by atoms with Crippen molar-refractivity contribution in [2.24, 2.45) is 4.99 Å². The Morgan fingerprint density at radius 1 is 1.11 bits per heavy atom.